The fourth-order valence-electron chi connectivity index (χ4n) is 2.49. The average Bonchev–Trinajstić information content (AvgIpc) is 2.78. The number of hydrogen-bond acceptors (Lipinski definition) is 2. The number of hydrogen-bond donors (Lipinski definition) is 1. The second-order valence-electron chi connectivity index (χ2n) is 5.04. The Morgan fingerprint density at radius 3 is 2.32 bits per heavy atom. The molecule has 1 aromatic carbocycles. The van der Waals surface area contributed by atoms with Crippen molar-refractivity contribution >= 4 is 18.4 Å². The minimum absolute atomic E-state index is 0. The van der Waals surface area contributed by atoms with E-state index in [-0.39, 0.29) is 25.5 Å². The van der Waals surface area contributed by atoms with E-state index in [1.807, 2.05) is 0 Å². The Morgan fingerprint density at radius 1 is 1.23 bits per heavy atom. The topological polar surface area (TPSA) is 40.5 Å². The number of alkyl halides is 3. The number of carbonyl (C=O) groups is 1. The van der Waals surface area contributed by atoms with Crippen LogP contribution in [-0.4, -0.2) is 35.2 Å². The van der Waals surface area contributed by atoms with Gasteiger partial charge in [0.25, 0.3) is 0 Å². The number of carboxylic acids is 1. The zero-order valence-electron chi connectivity index (χ0n) is 11.1. The Labute approximate surface area is 129 Å². The quantitative estimate of drug-likeness (QED) is 0.856. The van der Waals surface area contributed by atoms with E-state index in [9.17, 15) is 26.7 Å². The molecule has 1 aromatic rings. The molecule has 0 spiro atoms. The second kappa shape index (κ2) is 6.78. The highest BCUT2D eigenvalue weighted by atomic mass is 35.5. The molecule has 0 amide bonds. The van der Waals surface area contributed by atoms with Gasteiger partial charge in [0.05, 0.1) is 11.8 Å². The summed E-state index contributed by atoms with van der Waals surface area (Å²) in [5, 5.41) is 8.88. The molecular weight excluding hydrogens is 333 g/mol. The molecule has 124 valence electrons. The highest BCUT2D eigenvalue weighted by Crippen LogP contribution is 2.38. The first kappa shape index (κ1) is 18.6. The van der Waals surface area contributed by atoms with Crippen molar-refractivity contribution in [3.63, 3.8) is 0 Å². The van der Waals surface area contributed by atoms with Crippen molar-refractivity contribution in [3.05, 3.63) is 35.4 Å². The van der Waals surface area contributed by atoms with Crippen LogP contribution in [0.2, 0.25) is 0 Å². The maximum Gasteiger partial charge on any atom is 0.393 e. The maximum atomic E-state index is 13.1. The van der Waals surface area contributed by atoms with Gasteiger partial charge in [0, 0.05) is 19.6 Å². The van der Waals surface area contributed by atoms with Crippen molar-refractivity contribution in [1.29, 1.82) is 0 Å². The average molecular weight is 346 g/mol. The molecule has 1 saturated heterocycles. The molecule has 0 aliphatic carbocycles. The molecule has 0 unspecified atom stereocenters. The van der Waals surface area contributed by atoms with Gasteiger partial charge in [-0.25, -0.2) is 8.78 Å². The third-order valence-corrected chi connectivity index (χ3v) is 3.52. The van der Waals surface area contributed by atoms with E-state index < -0.39 is 42.2 Å². The van der Waals surface area contributed by atoms with Crippen LogP contribution in [0.4, 0.5) is 22.0 Å². The fraction of sp³-hybridized carbons (Fsp3) is 0.462. The summed E-state index contributed by atoms with van der Waals surface area (Å²) < 4.78 is 64.2. The molecule has 2 rings (SSSR count). The van der Waals surface area contributed by atoms with Crippen molar-refractivity contribution in [3.8, 4) is 0 Å². The van der Waals surface area contributed by atoms with Gasteiger partial charge in [-0.3, -0.25) is 9.69 Å². The second-order valence-corrected chi connectivity index (χ2v) is 5.04. The van der Waals surface area contributed by atoms with Crippen LogP contribution in [0.3, 0.4) is 0 Å². The van der Waals surface area contributed by atoms with Gasteiger partial charge in [0.1, 0.15) is 0 Å². The lowest BCUT2D eigenvalue weighted by molar-refractivity contribution is -0.188. The summed E-state index contributed by atoms with van der Waals surface area (Å²) in [6, 6.07) is 3.04. The van der Waals surface area contributed by atoms with E-state index in [2.05, 4.69) is 0 Å². The molecule has 22 heavy (non-hydrogen) atoms. The number of carboxylic acid groups (broad SMARTS) is 1. The molecule has 1 heterocycles. The van der Waals surface area contributed by atoms with Crippen molar-refractivity contribution in [2.24, 2.45) is 11.8 Å². The molecule has 0 bridgehead atoms. The number of halogens is 6. The van der Waals surface area contributed by atoms with Gasteiger partial charge in [-0.1, -0.05) is 6.07 Å². The molecule has 2 atom stereocenters. The van der Waals surface area contributed by atoms with Gasteiger partial charge in [-0.2, -0.15) is 13.2 Å². The van der Waals surface area contributed by atoms with E-state index in [0.717, 1.165) is 12.1 Å². The number of likely N-dealkylation sites (tertiary alicyclic amines) is 1. The predicted octanol–water partition coefficient (Wildman–Crippen LogP) is 3.08. The minimum atomic E-state index is -4.61. The van der Waals surface area contributed by atoms with Crippen LogP contribution in [0.15, 0.2) is 18.2 Å². The lowest BCUT2D eigenvalue weighted by atomic mass is 9.96. The van der Waals surface area contributed by atoms with E-state index in [1.54, 1.807) is 0 Å². The summed E-state index contributed by atoms with van der Waals surface area (Å²) in [4.78, 5) is 12.2. The molecule has 0 saturated carbocycles. The summed E-state index contributed by atoms with van der Waals surface area (Å²) in [5.74, 6) is -7.15. The number of nitrogens with zero attached hydrogens (tertiary/aromatic N) is 1. The van der Waals surface area contributed by atoms with Crippen molar-refractivity contribution < 1.29 is 31.9 Å². The van der Waals surface area contributed by atoms with Crippen molar-refractivity contribution in [1.82, 2.24) is 4.90 Å². The lowest BCUT2D eigenvalue weighted by Gasteiger charge is -2.18. The maximum absolute atomic E-state index is 13.1. The third-order valence-electron chi connectivity index (χ3n) is 3.52. The minimum Gasteiger partial charge on any atom is -0.481 e. The van der Waals surface area contributed by atoms with Gasteiger partial charge in [-0.15, -0.1) is 12.4 Å². The van der Waals surface area contributed by atoms with Gasteiger partial charge in [0.15, 0.2) is 11.6 Å². The van der Waals surface area contributed by atoms with E-state index >= 15 is 0 Å². The van der Waals surface area contributed by atoms with Crippen LogP contribution in [0.5, 0.6) is 0 Å². The van der Waals surface area contributed by atoms with Crippen LogP contribution >= 0.6 is 12.4 Å². The van der Waals surface area contributed by atoms with E-state index in [4.69, 9.17) is 5.11 Å². The number of rotatable bonds is 3. The molecule has 3 nitrogen and oxygen atoms in total. The van der Waals surface area contributed by atoms with Crippen LogP contribution in [0.25, 0.3) is 0 Å². The van der Waals surface area contributed by atoms with Gasteiger partial charge in [-0.05, 0) is 17.7 Å². The van der Waals surface area contributed by atoms with Crippen LogP contribution in [0.1, 0.15) is 5.56 Å². The van der Waals surface area contributed by atoms with Crippen molar-refractivity contribution in [2.75, 3.05) is 13.1 Å². The molecule has 0 radical (unpaired) electrons. The normalized spacial score (nSPS) is 22.4. The first-order valence-electron chi connectivity index (χ1n) is 6.14. The Balaban J connectivity index is 0.00000242. The van der Waals surface area contributed by atoms with Gasteiger partial charge in [0.2, 0.25) is 0 Å². The largest absolute Gasteiger partial charge is 0.481 e. The summed E-state index contributed by atoms with van der Waals surface area (Å²) in [6.45, 7) is -0.814. The fourth-order valence-corrected chi connectivity index (χ4v) is 2.49. The van der Waals surface area contributed by atoms with E-state index in [1.165, 1.54) is 11.0 Å². The van der Waals surface area contributed by atoms with Crippen LogP contribution < -0.4 is 0 Å². The summed E-state index contributed by atoms with van der Waals surface area (Å²) >= 11 is 0. The van der Waals surface area contributed by atoms with Crippen molar-refractivity contribution in [2.45, 2.75) is 12.7 Å². The SMILES string of the molecule is Cl.O=C(O)[C@@H]1CN(Cc2ccc(F)c(F)c2)C[C@H]1C(F)(F)F. The number of aliphatic carboxylic acids is 1. The third kappa shape index (κ3) is 4.07. The van der Waals surface area contributed by atoms with Crippen LogP contribution in [-0.2, 0) is 11.3 Å². The molecule has 9 heteroatoms. The molecular formula is C13H13ClF5NO2. The summed E-state index contributed by atoms with van der Waals surface area (Å²) in [6.07, 6.45) is -4.61. The zero-order valence-corrected chi connectivity index (χ0v) is 11.9. The zero-order chi connectivity index (χ0) is 15.8. The smallest absolute Gasteiger partial charge is 0.393 e. The van der Waals surface area contributed by atoms with E-state index in [0.29, 0.717) is 5.56 Å². The highest BCUT2D eigenvalue weighted by molar-refractivity contribution is 5.85. The summed E-state index contributed by atoms with van der Waals surface area (Å²) in [5.41, 5.74) is 0.292. The molecule has 0 aromatic heterocycles. The monoisotopic (exact) mass is 345 g/mol. The lowest BCUT2D eigenvalue weighted by Crippen LogP contribution is -2.33. The first-order valence-corrected chi connectivity index (χ1v) is 6.14. The molecule has 1 N–H and O–H groups in total. The Hall–Kier alpha value is -1.41. The molecule has 1 aliphatic heterocycles. The van der Waals surface area contributed by atoms with Gasteiger partial charge < -0.3 is 5.11 Å². The predicted molar refractivity (Wildman–Crippen MR) is 69.6 cm³/mol. The molecule has 1 fully saturated rings. The summed E-state index contributed by atoms with van der Waals surface area (Å²) in [7, 11) is 0. The van der Waals surface area contributed by atoms with Gasteiger partial charge >= 0.3 is 12.1 Å². The van der Waals surface area contributed by atoms with Crippen LogP contribution in [0, 0.1) is 23.5 Å². The Bertz CT molecular complexity index is 552. The highest BCUT2D eigenvalue weighted by Gasteiger charge is 2.52. The Kier molecular flexibility index (Phi) is 5.75. The first-order chi connectivity index (χ1) is 9.68. The molecule has 1 aliphatic rings. The Morgan fingerprint density at radius 2 is 1.86 bits per heavy atom. The standard InChI is InChI=1S/C13H12F5NO2.ClH/c14-10-2-1-7(3-11(10)15)4-19-5-8(12(20)21)9(6-19)13(16,17)18;/h1-3,8-9H,4-6H2,(H,20,21);1H/t8-,9-;/m1./s1. The number of benzene rings is 1.